The molecule has 2 fully saturated rings. The van der Waals surface area contributed by atoms with Crippen molar-refractivity contribution in [3.63, 3.8) is 0 Å². The molecular weight excluding hydrogens is 466 g/mol. The second kappa shape index (κ2) is 10.1. The summed E-state index contributed by atoms with van der Waals surface area (Å²) in [7, 11) is 4.20. The Bertz CT molecular complexity index is 1210. The van der Waals surface area contributed by atoms with Crippen LogP contribution in [-0.2, 0) is 0 Å². The minimum absolute atomic E-state index is 0.0369. The minimum atomic E-state index is -2.79. The normalized spacial score (nSPS) is 21.6. The zero-order valence-electron chi connectivity index (χ0n) is 21.1. The molecule has 1 saturated heterocycles. The number of nitrogens with one attached hydrogen (secondary N) is 1. The van der Waals surface area contributed by atoms with E-state index in [1.165, 1.54) is 10.7 Å². The lowest BCUT2D eigenvalue weighted by atomic mass is 9.87. The molecule has 1 aliphatic heterocycles. The first-order chi connectivity index (χ1) is 17.3. The molecule has 0 atom stereocenters. The summed E-state index contributed by atoms with van der Waals surface area (Å²) >= 11 is 0. The fourth-order valence-corrected chi connectivity index (χ4v) is 5.35. The van der Waals surface area contributed by atoms with E-state index >= 15 is 0 Å². The van der Waals surface area contributed by atoms with Crippen molar-refractivity contribution in [1.82, 2.24) is 29.3 Å². The predicted octanol–water partition coefficient (Wildman–Crippen LogP) is 4.40. The molecule has 1 aliphatic carbocycles. The van der Waals surface area contributed by atoms with Gasteiger partial charge in [-0.1, -0.05) is 6.92 Å². The Morgan fingerprint density at radius 3 is 2.53 bits per heavy atom. The summed E-state index contributed by atoms with van der Waals surface area (Å²) in [6.07, 6.45) is 7.89. The molecule has 1 amide bonds. The van der Waals surface area contributed by atoms with Crippen LogP contribution in [0.3, 0.4) is 0 Å². The van der Waals surface area contributed by atoms with Crippen molar-refractivity contribution in [2.45, 2.75) is 64.0 Å². The van der Waals surface area contributed by atoms with E-state index < -0.39 is 18.0 Å². The molecule has 1 N–H and O–H groups in total. The van der Waals surface area contributed by atoms with E-state index in [9.17, 15) is 13.6 Å². The highest BCUT2D eigenvalue weighted by atomic mass is 19.3. The molecule has 194 valence electrons. The van der Waals surface area contributed by atoms with Crippen LogP contribution in [0, 0.1) is 5.92 Å². The van der Waals surface area contributed by atoms with Crippen molar-refractivity contribution in [3.8, 4) is 0 Å². The highest BCUT2D eigenvalue weighted by Gasteiger charge is 2.27. The summed E-state index contributed by atoms with van der Waals surface area (Å²) in [5.74, 6) is 0.888. The van der Waals surface area contributed by atoms with Crippen molar-refractivity contribution in [2.24, 2.45) is 5.92 Å². The molecule has 1 saturated carbocycles. The summed E-state index contributed by atoms with van der Waals surface area (Å²) in [4.78, 5) is 22.4. The summed E-state index contributed by atoms with van der Waals surface area (Å²) in [5, 5.41) is 11.1. The van der Waals surface area contributed by atoms with Crippen molar-refractivity contribution >= 4 is 23.1 Å². The molecule has 0 spiro atoms. The second-order valence-electron chi connectivity index (χ2n) is 10.4. The van der Waals surface area contributed by atoms with E-state index in [4.69, 9.17) is 4.98 Å². The number of piperidine rings is 1. The van der Waals surface area contributed by atoms with Crippen LogP contribution in [0.5, 0.6) is 0 Å². The highest BCUT2D eigenvalue weighted by Crippen LogP contribution is 2.34. The van der Waals surface area contributed by atoms with Gasteiger partial charge in [-0.2, -0.15) is 10.2 Å². The Kier molecular flexibility index (Phi) is 6.92. The molecular formula is C25H34F2N8O. The predicted molar refractivity (Wildman–Crippen MR) is 134 cm³/mol. The number of aromatic nitrogens is 5. The van der Waals surface area contributed by atoms with Crippen LogP contribution in [0.4, 0.5) is 20.3 Å². The van der Waals surface area contributed by atoms with Gasteiger partial charge in [-0.3, -0.25) is 9.48 Å². The first-order valence-corrected chi connectivity index (χ1v) is 12.7. The van der Waals surface area contributed by atoms with Gasteiger partial charge in [0.15, 0.2) is 11.3 Å². The quantitative estimate of drug-likeness (QED) is 0.540. The SMILES string of the molecule is CN(C)C1CCN(c2ccn3ncc(C(=O)Nc4cn([C@H]5CC[C@H](C)CC5)nc4C(F)F)c3n2)CC1. The second-order valence-corrected chi connectivity index (χ2v) is 10.4. The van der Waals surface area contributed by atoms with Gasteiger partial charge >= 0.3 is 0 Å². The van der Waals surface area contributed by atoms with Gasteiger partial charge in [-0.25, -0.2) is 18.3 Å². The number of hydrogen-bond acceptors (Lipinski definition) is 6. The van der Waals surface area contributed by atoms with Gasteiger partial charge in [-0.15, -0.1) is 0 Å². The van der Waals surface area contributed by atoms with Crippen LogP contribution in [0.1, 0.15) is 74.0 Å². The largest absolute Gasteiger partial charge is 0.356 e. The standard InChI is InChI=1S/C25H34F2N8O/c1-16-4-6-18(7-5-16)35-15-20(22(31-35)23(26)27)29-25(36)19-14-28-34-13-10-21(30-24(19)34)33-11-8-17(9-12-33)32(2)3/h10,13-18,23H,4-9,11-12H2,1-3H3,(H,29,36)/t16-,18-. The van der Waals surface area contributed by atoms with Gasteiger partial charge in [0.25, 0.3) is 12.3 Å². The molecule has 0 radical (unpaired) electrons. The Hall–Kier alpha value is -3.08. The van der Waals surface area contributed by atoms with Crippen LogP contribution in [-0.4, -0.2) is 68.4 Å². The van der Waals surface area contributed by atoms with E-state index in [1.807, 2.05) is 6.07 Å². The maximum Gasteiger partial charge on any atom is 0.284 e. The van der Waals surface area contributed by atoms with Gasteiger partial charge in [0.2, 0.25) is 0 Å². The maximum atomic E-state index is 13.8. The number of carbonyl (C=O) groups excluding carboxylic acids is 1. The van der Waals surface area contributed by atoms with Gasteiger partial charge in [0.05, 0.1) is 17.9 Å². The van der Waals surface area contributed by atoms with Crippen molar-refractivity contribution in [1.29, 1.82) is 0 Å². The van der Waals surface area contributed by atoms with Crippen LogP contribution in [0.25, 0.3) is 5.65 Å². The third kappa shape index (κ3) is 4.93. The lowest BCUT2D eigenvalue weighted by molar-refractivity contribution is 0.102. The number of carbonyl (C=O) groups is 1. The Balaban J connectivity index is 1.35. The first kappa shape index (κ1) is 24.6. The molecule has 11 heteroatoms. The fraction of sp³-hybridized carbons (Fsp3) is 0.600. The number of fused-ring (bicyclic) bond motifs is 1. The summed E-state index contributed by atoms with van der Waals surface area (Å²) < 4.78 is 30.7. The minimum Gasteiger partial charge on any atom is -0.356 e. The van der Waals surface area contributed by atoms with Gasteiger partial charge < -0.3 is 15.1 Å². The third-order valence-corrected chi connectivity index (χ3v) is 7.69. The topological polar surface area (TPSA) is 83.6 Å². The number of alkyl halides is 2. The molecule has 0 bridgehead atoms. The van der Waals surface area contributed by atoms with E-state index in [1.54, 1.807) is 17.1 Å². The van der Waals surface area contributed by atoms with E-state index in [2.05, 4.69) is 46.3 Å². The van der Waals surface area contributed by atoms with Gasteiger partial charge in [0.1, 0.15) is 11.4 Å². The fourth-order valence-electron chi connectivity index (χ4n) is 5.35. The zero-order valence-corrected chi connectivity index (χ0v) is 21.1. The van der Waals surface area contributed by atoms with Crippen LogP contribution in [0.15, 0.2) is 24.7 Å². The molecule has 5 rings (SSSR count). The van der Waals surface area contributed by atoms with Crippen LogP contribution < -0.4 is 10.2 Å². The van der Waals surface area contributed by atoms with Gasteiger partial charge in [-0.05, 0) is 64.6 Å². The summed E-state index contributed by atoms with van der Waals surface area (Å²) in [6.45, 7) is 3.95. The number of hydrogen-bond donors (Lipinski definition) is 1. The third-order valence-electron chi connectivity index (χ3n) is 7.69. The van der Waals surface area contributed by atoms with Crippen molar-refractivity contribution < 1.29 is 13.6 Å². The van der Waals surface area contributed by atoms with Crippen molar-refractivity contribution in [2.75, 3.05) is 37.4 Å². The average molecular weight is 501 g/mol. The van der Waals surface area contributed by atoms with Crippen LogP contribution in [0.2, 0.25) is 0 Å². The number of halogens is 2. The Morgan fingerprint density at radius 1 is 1.14 bits per heavy atom. The highest BCUT2D eigenvalue weighted by molar-refractivity contribution is 6.08. The van der Waals surface area contributed by atoms with E-state index in [0.717, 1.165) is 57.4 Å². The number of anilines is 2. The van der Waals surface area contributed by atoms with E-state index in [-0.39, 0.29) is 17.3 Å². The van der Waals surface area contributed by atoms with Gasteiger partial charge in [0, 0.05) is 31.5 Å². The molecule has 4 heterocycles. The Labute approximate surface area is 209 Å². The zero-order chi connectivity index (χ0) is 25.4. The molecule has 0 aromatic carbocycles. The molecule has 9 nitrogen and oxygen atoms in total. The molecule has 36 heavy (non-hydrogen) atoms. The average Bonchev–Trinajstić information content (AvgIpc) is 3.48. The molecule has 2 aliphatic rings. The molecule has 3 aromatic rings. The smallest absolute Gasteiger partial charge is 0.284 e. The number of nitrogens with zero attached hydrogens (tertiary/aromatic N) is 7. The van der Waals surface area contributed by atoms with Crippen LogP contribution >= 0.6 is 0 Å². The van der Waals surface area contributed by atoms with E-state index in [0.29, 0.717) is 17.6 Å². The summed E-state index contributed by atoms with van der Waals surface area (Å²) in [5.41, 5.74) is 0.261. The number of rotatable bonds is 6. The maximum absolute atomic E-state index is 13.8. The monoisotopic (exact) mass is 500 g/mol. The Morgan fingerprint density at radius 2 is 1.86 bits per heavy atom. The number of amides is 1. The molecule has 3 aromatic heterocycles. The lowest BCUT2D eigenvalue weighted by Gasteiger charge is -2.35. The molecule has 0 unspecified atom stereocenters. The van der Waals surface area contributed by atoms with Crippen molar-refractivity contribution in [3.05, 3.63) is 35.9 Å². The first-order valence-electron chi connectivity index (χ1n) is 12.7. The lowest BCUT2D eigenvalue weighted by Crippen LogP contribution is -2.42. The summed E-state index contributed by atoms with van der Waals surface area (Å²) in [6, 6.07) is 2.51.